The number of nitrogens with zero attached hydrogens (tertiary/aromatic N) is 6. The van der Waals surface area contributed by atoms with Crippen LogP contribution in [0, 0.1) is 18.3 Å². The third-order valence-electron chi connectivity index (χ3n) is 3.62. The monoisotopic (exact) mass is 280 g/mol. The Kier molecular flexibility index (Phi) is 3.65. The van der Waals surface area contributed by atoms with E-state index in [1.54, 1.807) is 12.4 Å². The summed E-state index contributed by atoms with van der Waals surface area (Å²) in [5.41, 5.74) is 1.55. The number of anilines is 2. The summed E-state index contributed by atoms with van der Waals surface area (Å²) in [5.74, 6) is 1.87. The van der Waals surface area contributed by atoms with E-state index < -0.39 is 0 Å². The number of aromatic nitrogens is 3. The quantitative estimate of drug-likeness (QED) is 0.827. The summed E-state index contributed by atoms with van der Waals surface area (Å²) in [6.45, 7) is 5.53. The Morgan fingerprint density at radius 3 is 2.62 bits per heavy atom. The third-order valence-corrected chi connectivity index (χ3v) is 3.62. The van der Waals surface area contributed by atoms with Gasteiger partial charge >= 0.3 is 0 Å². The fraction of sp³-hybridized carbons (Fsp3) is 0.333. The lowest BCUT2D eigenvalue weighted by Gasteiger charge is -2.36. The summed E-state index contributed by atoms with van der Waals surface area (Å²) in [6, 6.07) is 7.64. The van der Waals surface area contributed by atoms with Crippen LogP contribution in [0.2, 0.25) is 0 Å². The van der Waals surface area contributed by atoms with Gasteiger partial charge in [0.25, 0.3) is 0 Å². The molecule has 0 amide bonds. The molecule has 0 unspecified atom stereocenters. The second kappa shape index (κ2) is 5.75. The summed E-state index contributed by atoms with van der Waals surface area (Å²) in [5, 5.41) is 8.93. The van der Waals surface area contributed by atoms with Crippen molar-refractivity contribution in [2.75, 3.05) is 36.0 Å². The van der Waals surface area contributed by atoms with Crippen molar-refractivity contribution in [1.29, 1.82) is 5.26 Å². The molecule has 106 valence electrons. The fourth-order valence-corrected chi connectivity index (χ4v) is 2.53. The Hall–Kier alpha value is -2.68. The van der Waals surface area contributed by atoms with Crippen molar-refractivity contribution in [2.45, 2.75) is 6.92 Å². The van der Waals surface area contributed by atoms with Crippen LogP contribution in [0.4, 0.5) is 11.6 Å². The van der Waals surface area contributed by atoms with E-state index >= 15 is 0 Å². The van der Waals surface area contributed by atoms with Gasteiger partial charge in [0.15, 0.2) is 0 Å². The minimum atomic E-state index is 0.460. The molecule has 3 heterocycles. The number of nitriles is 1. The zero-order valence-electron chi connectivity index (χ0n) is 11.9. The van der Waals surface area contributed by atoms with Crippen molar-refractivity contribution in [3.8, 4) is 6.07 Å². The molecule has 21 heavy (non-hydrogen) atoms. The van der Waals surface area contributed by atoms with Gasteiger partial charge in [0.1, 0.15) is 29.7 Å². The van der Waals surface area contributed by atoms with E-state index in [0.29, 0.717) is 5.69 Å². The SMILES string of the molecule is Cc1cncnc1N1CCN(c2cccc(C#N)n2)CC1. The number of hydrogen-bond donors (Lipinski definition) is 0. The van der Waals surface area contributed by atoms with Gasteiger partial charge in [-0.25, -0.2) is 15.0 Å². The number of piperazine rings is 1. The molecule has 0 atom stereocenters. The molecule has 2 aromatic rings. The summed E-state index contributed by atoms with van der Waals surface area (Å²) in [7, 11) is 0. The molecule has 6 heteroatoms. The van der Waals surface area contributed by atoms with Gasteiger partial charge in [0, 0.05) is 37.9 Å². The molecular weight excluding hydrogens is 264 g/mol. The molecule has 1 saturated heterocycles. The van der Waals surface area contributed by atoms with Crippen LogP contribution in [0.1, 0.15) is 11.3 Å². The highest BCUT2D eigenvalue weighted by molar-refractivity contribution is 5.48. The summed E-state index contributed by atoms with van der Waals surface area (Å²) >= 11 is 0. The van der Waals surface area contributed by atoms with Crippen LogP contribution in [0.15, 0.2) is 30.7 Å². The highest BCUT2D eigenvalue weighted by atomic mass is 15.3. The maximum atomic E-state index is 8.93. The molecule has 0 bridgehead atoms. The maximum Gasteiger partial charge on any atom is 0.142 e. The van der Waals surface area contributed by atoms with Crippen LogP contribution < -0.4 is 9.80 Å². The highest BCUT2D eigenvalue weighted by Crippen LogP contribution is 2.19. The van der Waals surface area contributed by atoms with Gasteiger partial charge in [-0.1, -0.05) is 6.07 Å². The third kappa shape index (κ3) is 2.77. The average molecular weight is 280 g/mol. The number of aryl methyl sites for hydroxylation is 1. The van der Waals surface area contributed by atoms with Crippen LogP contribution in [0.3, 0.4) is 0 Å². The Bertz CT molecular complexity index is 670. The Morgan fingerprint density at radius 2 is 1.90 bits per heavy atom. The van der Waals surface area contributed by atoms with E-state index in [1.807, 2.05) is 25.3 Å². The van der Waals surface area contributed by atoms with Gasteiger partial charge in [-0.05, 0) is 19.1 Å². The van der Waals surface area contributed by atoms with Crippen molar-refractivity contribution in [3.63, 3.8) is 0 Å². The Morgan fingerprint density at radius 1 is 1.14 bits per heavy atom. The first-order valence-electron chi connectivity index (χ1n) is 6.91. The van der Waals surface area contributed by atoms with Crippen molar-refractivity contribution in [2.24, 2.45) is 0 Å². The zero-order valence-corrected chi connectivity index (χ0v) is 11.9. The van der Waals surface area contributed by atoms with E-state index in [4.69, 9.17) is 5.26 Å². The number of rotatable bonds is 2. The van der Waals surface area contributed by atoms with Crippen molar-refractivity contribution >= 4 is 11.6 Å². The molecule has 6 nitrogen and oxygen atoms in total. The van der Waals surface area contributed by atoms with Crippen LogP contribution >= 0.6 is 0 Å². The molecule has 1 aliphatic rings. The lowest BCUT2D eigenvalue weighted by Crippen LogP contribution is -2.47. The van der Waals surface area contributed by atoms with Crippen LogP contribution in [-0.2, 0) is 0 Å². The Labute approximate surface area is 123 Å². The van der Waals surface area contributed by atoms with Gasteiger partial charge in [-0.3, -0.25) is 0 Å². The first-order chi connectivity index (χ1) is 10.3. The lowest BCUT2D eigenvalue weighted by molar-refractivity contribution is 0.639. The van der Waals surface area contributed by atoms with Gasteiger partial charge < -0.3 is 9.80 Å². The molecule has 0 spiro atoms. The fourth-order valence-electron chi connectivity index (χ4n) is 2.53. The Balaban J connectivity index is 1.71. The van der Waals surface area contributed by atoms with E-state index in [-0.39, 0.29) is 0 Å². The molecule has 1 aliphatic heterocycles. The van der Waals surface area contributed by atoms with Crippen LogP contribution in [-0.4, -0.2) is 41.1 Å². The van der Waals surface area contributed by atoms with Crippen molar-refractivity contribution < 1.29 is 0 Å². The van der Waals surface area contributed by atoms with E-state index in [1.165, 1.54) is 0 Å². The topological polar surface area (TPSA) is 68.9 Å². The molecule has 0 aliphatic carbocycles. The zero-order chi connectivity index (χ0) is 14.7. The normalized spacial score (nSPS) is 14.9. The first-order valence-corrected chi connectivity index (χ1v) is 6.91. The summed E-state index contributed by atoms with van der Waals surface area (Å²) in [6.07, 6.45) is 3.43. The second-order valence-electron chi connectivity index (χ2n) is 5.00. The second-order valence-corrected chi connectivity index (χ2v) is 5.00. The molecule has 3 rings (SSSR count). The smallest absolute Gasteiger partial charge is 0.142 e. The van der Waals surface area contributed by atoms with Crippen LogP contribution in [0.25, 0.3) is 0 Å². The lowest BCUT2D eigenvalue weighted by atomic mass is 10.2. The summed E-state index contributed by atoms with van der Waals surface area (Å²) in [4.78, 5) is 17.2. The van der Waals surface area contributed by atoms with Gasteiger partial charge in [-0.15, -0.1) is 0 Å². The minimum Gasteiger partial charge on any atom is -0.353 e. The van der Waals surface area contributed by atoms with Crippen molar-refractivity contribution in [3.05, 3.63) is 42.0 Å². The van der Waals surface area contributed by atoms with E-state index in [2.05, 4.69) is 30.8 Å². The minimum absolute atomic E-state index is 0.460. The summed E-state index contributed by atoms with van der Waals surface area (Å²) < 4.78 is 0. The molecule has 0 aromatic carbocycles. The average Bonchev–Trinajstić information content (AvgIpc) is 2.56. The van der Waals surface area contributed by atoms with E-state index in [9.17, 15) is 0 Å². The predicted octanol–water partition coefficient (Wildman–Crippen LogP) is 1.38. The molecule has 0 N–H and O–H groups in total. The van der Waals surface area contributed by atoms with Crippen LogP contribution in [0.5, 0.6) is 0 Å². The molecule has 1 fully saturated rings. The number of pyridine rings is 1. The van der Waals surface area contributed by atoms with Gasteiger partial charge in [0.2, 0.25) is 0 Å². The highest BCUT2D eigenvalue weighted by Gasteiger charge is 2.20. The predicted molar refractivity (Wildman–Crippen MR) is 80.1 cm³/mol. The molecule has 0 saturated carbocycles. The first kappa shape index (κ1) is 13.3. The molecular formula is C15H16N6. The van der Waals surface area contributed by atoms with Gasteiger partial charge in [-0.2, -0.15) is 5.26 Å². The largest absolute Gasteiger partial charge is 0.353 e. The van der Waals surface area contributed by atoms with Gasteiger partial charge in [0.05, 0.1) is 0 Å². The maximum absolute atomic E-state index is 8.93. The number of hydrogen-bond acceptors (Lipinski definition) is 6. The standard InChI is InChI=1S/C15H16N6/c1-12-10-17-11-18-15(12)21-7-5-20(6-8-21)14-4-2-3-13(9-16)19-14/h2-4,10-11H,5-8H2,1H3. The van der Waals surface area contributed by atoms with E-state index in [0.717, 1.165) is 43.4 Å². The molecule has 2 aromatic heterocycles. The molecule has 0 radical (unpaired) electrons. The van der Waals surface area contributed by atoms with Crippen molar-refractivity contribution in [1.82, 2.24) is 15.0 Å².